The first-order chi connectivity index (χ1) is 6.39. The maximum atomic E-state index is 11.5. The van der Waals surface area contributed by atoms with Crippen LogP contribution >= 0.6 is 27.5 Å². The van der Waals surface area contributed by atoms with Crippen molar-refractivity contribution in [3.63, 3.8) is 0 Å². The van der Waals surface area contributed by atoms with Gasteiger partial charge in [-0.15, -0.1) is 0 Å². The molecule has 0 unspecified atom stereocenters. The molecule has 0 aromatic carbocycles. The molecule has 0 radical (unpaired) electrons. The Morgan fingerprint density at radius 2 is 2.21 bits per heavy atom. The van der Waals surface area contributed by atoms with E-state index in [0.29, 0.717) is 11.0 Å². The Kier molecular flexibility index (Phi) is 3.50. The summed E-state index contributed by atoms with van der Waals surface area (Å²) in [6.07, 6.45) is 0. The Labute approximate surface area is 96.0 Å². The second-order valence-corrected chi connectivity index (χ2v) is 5.64. The lowest BCUT2D eigenvalue weighted by Gasteiger charge is -2.15. The number of hydrogen-bond acceptors (Lipinski definition) is 2. The number of alkyl halides is 1. The molecule has 76 valence electrons. The van der Waals surface area contributed by atoms with Gasteiger partial charge in [0.2, 0.25) is 5.91 Å². The van der Waals surface area contributed by atoms with E-state index in [1.54, 1.807) is 32.0 Å². The van der Waals surface area contributed by atoms with Gasteiger partial charge in [-0.25, -0.2) is 4.98 Å². The molecule has 0 saturated heterocycles. The number of carbonyl (C=O) groups is 1. The Balaban J connectivity index is 2.75. The van der Waals surface area contributed by atoms with Gasteiger partial charge >= 0.3 is 0 Å². The molecule has 0 aliphatic rings. The molecule has 0 aliphatic heterocycles. The Bertz CT molecular complexity index is 349. The van der Waals surface area contributed by atoms with Crippen LogP contribution in [0.25, 0.3) is 0 Å². The molecule has 0 aliphatic carbocycles. The van der Waals surface area contributed by atoms with Crippen molar-refractivity contribution >= 4 is 39.3 Å². The van der Waals surface area contributed by atoms with Gasteiger partial charge in [-0.2, -0.15) is 0 Å². The highest BCUT2D eigenvalue weighted by atomic mass is 79.9. The number of rotatable bonds is 2. The lowest BCUT2D eigenvalue weighted by atomic mass is 10.2. The number of aromatic nitrogens is 1. The molecule has 3 nitrogen and oxygen atoms in total. The van der Waals surface area contributed by atoms with Gasteiger partial charge in [-0.3, -0.25) is 4.79 Å². The van der Waals surface area contributed by atoms with Crippen molar-refractivity contribution in [1.82, 2.24) is 4.98 Å². The fourth-order valence-corrected chi connectivity index (χ4v) is 1.01. The number of nitrogens with one attached hydrogen (secondary N) is 1. The van der Waals surface area contributed by atoms with Gasteiger partial charge in [0.15, 0.2) is 0 Å². The third-order valence-electron chi connectivity index (χ3n) is 1.50. The maximum absolute atomic E-state index is 11.5. The van der Waals surface area contributed by atoms with Crippen LogP contribution in [0.1, 0.15) is 13.8 Å². The average Bonchev–Trinajstić information content (AvgIpc) is 2.02. The van der Waals surface area contributed by atoms with E-state index in [1.165, 1.54) is 0 Å². The van der Waals surface area contributed by atoms with Crippen LogP contribution in [0, 0.1) is 0 Å². The Morgan fingerprint density at radius 1 is 1.57 bits per heavy atom. The van der Waals surface area contributed by atoms with Gasteiger partial charge < -0.3 is 5.32 Å². The molecule has 1 aromatic rings. The summed E-state index contributed by atoms with van der Waals surface area (Å²) < 4.78 is -0.614. The zero-order valence-corrected chi connectivity index (χ0v) is 10.2. The molecule has 0 saturated carbocycles. The van der Waals surface area contributed by atoms with E-state index < -0.39 is 4.32 Å². The van der Waals surface area contributed by atoms with E-state index in [1.807, 2.05) is 0 Å². The monoisotopic (exact) mass is 276 g/mol. The molecule has 1 rings (SSSR count). The molecule has 0 bridgehead atoms. The predicted molar refractivity (Wildman–Crippen MR) is 60.9 cm³/mol. The number of amides is 1. The SMILES string of the molecule is CC(C)(Br)C(=O)Nc1cccc(Cl)n1. The van der Waals surface area contributed by atoms with Crippen LogP contribution in [0.2, 0.25) is 5.15 Å². The van der Waals surface area contributed by atoms with Gasteiger partial charge in [-0.05, 0) is 26.0 Å². The van der Waals surface area contributed by atoms with Crippen molar-refractivity contribution in [2.45, 2.75) is 18.2 Å². The van der Waals surface area contributed by atoms with Crippen molar-refractivity contribution in [1.29, 1.82) is 0 Å². The van der Waals surface area contributed by atoms with E-state index in [-0.39, 0.29) is 5.91 Å². The van der Waals surface area contributed by atoms with Gasteiger partial charge in [0, 0.05) is 0 Å². The molecule has 5 heteroatoms. The van der Waals surface area contributed by atoms with Crippen molar-refractivity contribution in [3.8, 4) is 0 Å². The lowest BCUT2D eigenvalue weighted by Crippen LogP contribution is -2.31. The third kappa shape index (κ3) is 3.27. The van der Waals surface area contributed by atoms with Crippen molar-refractivity contribution in [2.24, 2.45) is 0 Å². The van der Waals surface area contributed by atoms with Crippen LogP contribution in [0.5, 0.6) is 0 Å². The molecule has 14 heavy (non-hydrogen) atoms. The average molecular weight is 278 g/mol. The first-order valence-corrected chi connectivity index (χ1v) is 5.19. The Hall–Kier alpha value is -0.610. The van der Waals surface area contributed by atoms with Crippen LogP contribution in [-0.2, 0) is 4.79 Å². The standard InChI is InChI=1S/C9H10BrClN2O/c1-9(2,10)8(14)13-7-5-3-4-6(11)12-7/h3-5H,1-2H3,(H,12,13,14). The number of hydrogen-bond donors (Lipinski definition) is 1. The van der Waals surface area contributed by atoms with E-state index in [2.05, 4.69) is 26.2 Å². The molecule has 1 heterocycles. The highest BCUT2D eigenvalue weighted by Crippen LogP contribution is 2.18. The molecule has 1 amide bonds. The summed E-state index contributed by atoms with van der Waals surface area (Å²) in [5.41, 5.74) is 0. The predicted octanol–water partition coefficient (Wildman–Crippen LogP) is 2.85. The molecular formula is C9H10BrClN2O. The summed E-state index contributed by atoms with van der Waals surface area (Å²) in [7, 11) is 0. The van der Waals surface area contributed by atoms with Crippen LogP contribution < -0.4 is 5.32 Å². The highest BCUT2D eigenvalue weighted by molar-refractivity contribution is 9.10. The smallest absolute Gasteiger partial charge is 0.241 e. The number of nitrogens with zero attached hydrogens (tertiary/aromatic N) is 1. The van der Waals surface area contributed by atoms with E-state index in [0.717, 1.165) is 0 Å². The molecule has 1 aromatic heterocycles. The summed E-state index contributed by atoms with van der Waals surface area (Å²) in [5.74, 6) is 0.294. The minimum atomic E-state index is -0.614. The van der Waals surface area contributed by atoms with Crippen LogP contribution in [-0.4, -0.2) is 15.2 Å². The molecular weight excluding hydrogens is 267 g/mol. The fourth-order valence-electron chi connectivity index (χ4n) is 0.743. The second kappa shape index (κ2) is 4.28. The topological polar surface area (TPSA) is 42.0 Å². The summed E-state index contributed by atoms with van der Waals surface area (Å²) in [5, 5.41) is 3.00. The first kappa shape index (κ1) is 11.5. The minimum absolute atomic E-state index is 0.160. The summed E-state index contributed by atoms with van der Waals surface area (Å²) in [6, 6.07) is 5.06. The van der Waals surface area contributed by atoms with Gasteiger partial charge in [-0.1, -0.05) is 33.6 Å². The number of halogens is 2. The fraction of sp³-hybridized carbons (Fsp3) is 0.333. The van der Waals surface area contributed by atoms with Crippen LogP contribution in [0.3, 0.4) is 0 Å². The molecule has 0 atom stereocenters. The zero-order valence-electron chi connectivity index (χ0n) is 7.84. The number of carbonyl (C=O) groups excluding carboxylic acids is 1. The van der Waals surface area contributed by atoms with E-state index in [9.17, 15) is 4.79 Å². The van der Waals surface area contributed by atoms with Gasteiger partial charge in [0.25, 0.3) is 0 Å². The van der Waals surface area contributed by atoms with Crippen molar-refractivity contribution in [2.75, 3.05) is 5.32 Å². The summed E-state index contributed by atoms with van der Waals surface area (Å²) in [4.78, 5) is 15.4. The van der Waals surface area contributed by atoms with E-state index >= 15 is 0 Å². The first-order valence-electron chi connectivity index (χ1n) is 4.02. The lowest BCUT2D eigenvalue weighted by molar-refractivity contribution is -0.117. The number of pyridine rings is 1. The van der Waals surface area contributed by atoms with E-state index in [4.69, 9.17) is 11.6 Å². The summed E-state index contributed by atoms with van der Waals surface area (Å²) in [6.45, 7) is 3.51. The highest BCUT2D eigenvalue weighted by Gasteiger charge is 2.23. The quantitative estimate of drug-likeness (QED) is 0.667. The molecule has 0 fully saturated rings. The molecule has 1 N–H and O–H groups in total. The maximum Gasteiger partial charge on any atom is 0.241 e. The normalized spacial score (nSPS) is 11.1. The minimum Gasteiger partial charge on any atom is -0.309 e. The molecule has 0 spiro atoms. The van der Waals surface area contributed by atoms with Crippen molar-refractivity contribution in [3.05, 3.63) is 23.4 Å². The zero-order chi connectivity index (χ0) is 10.8. The number of anilines is 1. The van der Waals surface area contributed by atoms with Gasteiger partial charge in [0.1, 0.15) is 11.0 Å². The van der Waals surface area contributed by atoms with Gasteiger partial charge in [0.05, 0.1) is 4.32 Å². The third-order valence-corrected chi connectivity index (χ3v) is 2.07. The Morgan fingerprint density at radius 3 is 2.71 bits per heavy atom. The van der Waals surface area contributed by atoms with Crippen LogP contribution in [0.4, 0.5) is 5.82 Å². The van der Waals surface area contributed by atoms with Crippen LogP contribution in [0.15, 0.2) is 18.2 Å². The van der Waals surface area contributed by atoms with Crippen molar-refractivity contribution < 1.29 is 4.79 Å². The largest absolute Gasteiger partial charge is 0.309 e. The summed E-state index contributed by atoms with van der Waals surface area (Å²) >= 11 is 8.92. The second-order valence-electron chi connectivity index (χ2n) is 3.27.